The lowest BCUT2D eigenvalue weighted by atomic mass is 10.4. The lowest BCUT2D eigenvalue weighted by Crippen LogP contribution is -2.26. The van der Waals surface area contributed by atoms with E-state index in [9.17, 15) is 8.42 Å². The van der Waals surface area contributed by atoms with Crippen LogP contribution in [0.2, 0.25) is 0 Å². The molecule has 2 heterocycles. The third-order valence-corrected chi connectivity index (χ3v) is 5.13. The summed E-state index contributed by atoms with van der Waals surface area (Å²) in [5.74, 6) is 0.276. The van der Waals surface area contributed by atoms with Gasteiger partial charge in [-0.1, -0.05) is 0 Å². The lowest BCUT2D eigenvalue weighted by molar-refractivity contribution is 0.466. The molecule has 0 N–H and O–H groups in total. The molecular formula is C12H17ClN4O2S. The Kier molecular flexibility index (Phi) is 4.22. The van der Waals surface area contributed by atoms with Crippen LogP contribution in [-0.4, -0.2) is 34.1 Å². The molecule has 0 amide bonds. The van der Waals surface area contributed by atoms with Crippen molar-refractivity contribution in [2.75, 3.05) is 7.05 Å². The van der Waals surface area contributed by atoms with E-state index in [1.54, 1.807) is 55.0 Å². The number of rotatable bonds is 5. The van der Waals surface area contributed by atoms with Crippen LogP contribution < -0.4 is 0 Å². The Morgan fingerprint density at radius 3 is 2.55 bits per heavy atom. The van der Waals surface area contributed by atoms with Crippen molar-refractivity contribution in [2.24, 2.45) is 14.1 Å². The first-order valence-corrected chi connectivity index (χ1v) is 7.97. The highest BCUT2D eigenvalue weighted by atomic mass is 35.5. The largest absolute Gasteiger partial charge is 0.352 e. The van der Waals surface area contributed by atoms with E-state index in [0.717, 1.165) is 11.3 Å². The van der Waals surface area contributed by atoms with Crippen LogP contribution in [0.5, 0.6) is 0 Å². The zero-order chi connectivity index (χ0) is 14.9. The normalized spacial score (nSPS) is 12.2. The zero-order valence-electron chi connectivity index (χ0n) is 11.6. The summed E-state index contributed by atoms with van der Waals surface area (Å²) >= 11 is 5.77. The second kappa shape index (κ2) is 5.59. The Balaban J connectivity index is 2.24. The van der Waals surface area contributed by atoms with Crippen LogP contribution in [0.15, 0.2) is 29.6 Å². The molecule has 2 aromatic heterocycles. The fourth-order valence-corrected chi connectivity index (χ4v) is 3.45. The Morgan fingerprint density at radius 1 is 1.35 bits per heavy atom. The van der Waals surface area contributed by atoms with Gasteiger partial charge in [0, 0.05) is 51.3 Å². The molecule has 0 bridgehead atoms. The van der Waals surface area contributed by atoms with Crippen molar-refractivity contribution >= 4 is 21.6 Å². The van der Waals surface area contributed by atoms with E-state index < -0.39 is 10.0 Å². The molecule has 0 aliphatic rings. The van der Waals surface area contributed by atoms with Gasteiger partial charge in [0.25, 0.3) is 0 Å². The summed E-state index contributed by atoms with van der Waals surface area (Å²) in [6.07, 6.45) is 5.02. The number of nitrogens with zero attached hydrogens (tertiary/aromatic N) is 4. The van der Waals surface area contributed by atoms with Crippen LogP contribution in [0.3, 0.4) is 0 Å². The van der Waals surface area contributed by atoms with E-state index in [-0.39, 0.29) is 17.3 Å². The van der Waals surface area contributed by atoms with Crippen LogP contribution in [0, 0.1) is 0 Å². The van der Waals surface area contributed by atoms with Gasteiger partial charge >= 0.3 is 0 Å². The van der Waals surface area contributed by atoms with Crippen molar-refractivity contribution in [3.05, 3.63) is 35.9 Å². The number of aromatic nitrogens is 3. The maximum atomic E-state index is 12.5. The van der Waals surface area contributed by atoms with Crippen molar-refractivity contribution in [1.29, 1.82) is 0 Å². The molecular weight excluding hydrogens is 300 g/mol. The number of aryl methyl sites for hydroxylation is 2. The number of sulfonamides is 1. The fraction of sp³-hybridized carbons (Fsp3) is 0.417. The summed E-state index contributed by atoms with van der Waals surface area (Å²) < 4.78 is 29.6. The molecule has 110 valence electrons. The van der Waals surface area contributed by atoms with Gasteiger partial charge in [-0.25, -0.2) is 8.42 Å². The monoisotopic (exact) mass is 316 g/mol. The highest BCUT2D eigenvalue weighted by Crippen LogP contribution is 2.20. The second-order valence-electron chi connectivity index (χ2n) is 4.70. The minimum absolute atomic E-state index is 0.252. The molecule has 0 aliphatic carbocycles. The fourth-order valence-electron chi connectivity index (χ4n) is 1.93. The average Bonchev–Trinajstić information content (AvgIpc) is 2.95. The number of hydrogen-bond donors (Lipinski definition) is 0. The molecule has 20 heavy (non-hydrogen) atoms. The van der Waals surface area contributed by atoms with Gasteiger partial charge in [-0.15, -0.1) is 11.6 Å². The summed E-state index contributed by atoms with van der Waals surface area (Å²) in [5.41, 5.74) is 1.60. The number of alkyl halides is 1. The quantitative estimate of drug-likeness (QED) is 0.782. The molecule has 0 aliphatic heterocycles. The first-order valence-electron chi connectivity index (χ1n) is 5.99. The number of halogens is 1. The van der Waals surface area contributed by atoms with Gasteiger partial charge < -0.3 is 4.57 Å². The lowest BCUT2D eigenvalue weighted by Gasteiger charge is -2.15. The Bertz CT molecular complexity index is 705. The second-order valence-corrected chi connectivity index (χ2v) is 7.01. The average molecular weight is 317 g/mol. The number of hydrogen-bond acceptors (Lipinski definition) is 3. The minimum atomic E-state index is -3.52. The van der Waals surface area contributed by atoms with E-state index in [0.29, 0.717) is 0 Å². The van der Waals surface area contributed by atoms with Crippen molar-refractivity contribution in [1.82, 2.24) is 18.7 Å². The predicted octanol–water partition coefficient (Wildman–Crippen LogP) is 1.32. The summed E-state index contributed by atoms with van der Waals surface area (Å²) in [6, 6.07) is 1.60. The van der Waals surface area contributed by atoms with Gasteiger partial charge in [-0.3, -0.25) is 4.68 Å². The zero-order valence-corrected chi connectivity index (χ0v) is 13.2. The maximum Gasteiger partial charge on any atom is 0.244 e. The molecule has 0 saturated carbocycles. The molecule has 2 rings (SSSR count). The smallest absolute Gasteiger partial charge is 0.244 e. The molecule has 8 heteroatoms. The maximum absolute atomic E-state index is 12.5. The van der Waals surface area contributed by atoms with Crippen LogP contribution in [0.1, 0.15) is 11.3 Å². The molecule has 0 fully saturated rings. The van der Waals surface area contributed by atoms with Crippen LogP contribution in [0.25, 0.3) is 0 Å². The third-order valence-electron chi connectivity index (χ3n) is 3.09. The molecule has 6 nitrogen and oxygen atoms in total. The standard InChI is InChI=1S/C12H17ClN4O2S/c1-15-9-12(4-11(15)5-13)20(18,19)17(3)8-10-6-14-16(2)7-10/h4,6-7,9H,5,8H2,1-3H3. The van der Waals surface area contributed by atoms with Crippen LogP contribution >= 0.6 is 11.6 Å². The summed E-state index contributed by atoms with van der Waals surface area (Å²) in [4.78, 5) is 0.252. The van der Waals surface area contributed by atoms with E-state index in [2.05, 4.69) is 5.10 Å². The highest BCUT2D eigenvalue weighted by molar-refractivity contribution is 7.89. The van der Waals surface area contributed by atoms with E-state index in [4.69, 9.17) is 11.6 Å². The van der Waals surface area contributed by atoms with E-state index >= 15 is 0 Å². The SMILES string of the molecule is CN(Cc1cnn(C)c1)S(=O)(=O)c1cc(CCl)n(C)c1. The van der Waals surface area contributed by atoms with Gasteiger partial charge in [0.05, 0.1) is 12.1 Å². The summed E-state index contributed by atoms with van der Waals surface area (Å²) in [7, 11) is 1.60. The minimum Gasteiger partial charge on any atom is -0.352 e. The van der Waals surface area contributed by atoms with E-state index in [1.807, 2.05) is 0 Å². The van der Waals surface area contributed by atoms with Gasteiger partial charge in [0.2, 0.25) is 10.0 Å². The van der Waals surface area contributed by atoms with Crippen molar-refractivity contribution in [3.63, 3.8) is 0 Å². The van der Waals surface area contributed by atoms with Gasteiger partial charge in [-0.2, -0.15) is 9.40 Å². The molecule has 2 aromatic rings. The Labute approximate surface area is 123 Å². The van der Waals surface area contributed by atoms with Gasteiger partial charge in [0.15, 0.2) is 0 Å². The van der Waals surface area contributed by atoms with Crippen molar-refractivity contribution < 1.29 is 8.42 Å². The third kappa shape index (κ3) is 2.89. The molecule has 0 unspecified atom stereocenters. The molecule has 0 spiro atoms. The van der Waals surface area contributed by atoms with Crippen molar-refractivity contribution in [3.8, 4) is 0 Å². The molecule has 0 saturated heterocycles. The molecule has 0 radical (unpaired) electrons. The summed E-state index contributed by atoms with van der Waals surface area (Å²) in [5, 5.41) is 4.03. The molecule has 0 atom stereocenters. The van der Waals surface area contributed by atoms with Crippen LogP contribution in [0.4, 0.5) is 0 Å². The van der Waals surface area contributed by atoms with E-state index in [1.165, 1.54) is 4.31 Å². The first kappa shape index (κ1) is 15.1. The van der Waals surface area contributed by atoms with Crippen LogP contribution in [-0.2, 0) is 36.5 Å². The Morgan fingerprint density at radius 2 is 2.05 bits per heavy atom. The van der Waals surface area contributed by atoms with Crippen molar-refractivity contribution in [2.45, 2.75) is 17.3 Å². The highest BCUT2D eigenvalue weighted by Gasteiger charge is 2.23. The molecule has 0 aromatic carbocycles. The summed E-state index contributed by atoms with van der Waals surface area (Å²) in [6.45, 7) is 0.279. The van der Waals surface area contributed by atoms with Gasteiger partial charge in [0.1, 0.15) is 4.90 Å². The Hall–Kier alpha value is -1.31. The topological polar surface area (TPSA) is 60.1 Å². The first-order chi connectivity index (χ1) is 9.34. The predicted molar refractivity (Wildman–Crippen MR) is 76.8 cm³/mol. The van der Waals surface area contributed by atoms with Gasteiger partial charge in [-0.05, 0) is 6.07 Å².